The van der Waals surface area contributed by atoms with Crippen LogP contribution in [0.1, 0.15) is 31.2 Å². The van der Waals surface area contributed by atoms with E-state index in [0.29, 0.717) is 16.0 Å². The van der Waals surface area contributed by atoms with Crippen molar-refractivity contribution >= 4 is 45.9 Å². The standard InChI is InChI=1S/C19H19N3O6S/c1-11-15(19(25)28-4)17(29-16(11)18(24)21(2)3)20-14(23)9-8-12-6-5-7-13(10-12)22(26)27/h5-10H,1-4H3,(H,20,23)/b9-8+. The minimum atomic E-state index is -0.672. The van der Waals surface area contributed by atoms with Crippen LogP contribution in [0.5, 0.6) is 0 Å². The van der Waals surface area contributed by atoms with Crippen LogP contribution in [0.25, 0.3) is 6.08 Å². The molecule has 1 heterocycles. The molecule has 1 N–H and O–H groups in total. The number of benzene rings is 1. The zero-order valence-electron chi connectivity index (χ0n) is 16.2. The van der Waals surface area contributed by atoms with Gasteiger partial charge in [0.2, 0.25) is 5.91 Å². The van der Waals surface area contributed by atoms with E-state index in [4.69, 9.17) is 4.74 Å². The summed E-state index contributed by atoms with van der Waals surface area (Å²) < 4.78 is 4.77. The first kappa shape index (κ1) is 21.8. The summed E-state index contributed by atoms with van der Waals surface area (Å²) in [6.07, 6.45) is 2.59. The van der Waals surface area contributed by atoms with E-state index >= 15 is 0 Å². The second-order valence-electron chi connectivity index (χ2n) is 6.13. The zero-order chi connectivity index (χ0) is 21.7. The molecule has 2 rings (SSSR count). The number of nitro benzene ring substituents is 1. The van der Waals surface area contributed by atoms with Gasteiger partial charge in [0, 0.05) is 32.3 Å². The van der Waals surface area contributed by atoms with Gasteiger partial charge in [-0.05, 0) is 24.1 Å². The van der Waals surface area contributed by atoms with E-state index in [0.717, 1.165) is 11.3 Å². The van der Waals surface area contributed by atoms with E-state index in [2.05, 4.69) is 5.32 Å². The molecule has 9 nitrogen and oxygen atoms in total. The van der Waals surface area contributed by atoms with Gasteiger partial charge < -0.3 is 15.0 Å². The maximum absolute atomic E-state index is 12.3. The fraction of sp³-hybridized carbons (Fsp3) is 0.211. The van der Waals surface area contributed by atoms with Crippen LogP contribution in [0.3, 0.4) is 0 Å². The molecule has 0 aliphatic carbocycles. The van der Waals surface area contributed by atoms with Gasteiger partial charge in [-0.1, -0.05) is 12.1 Å². The number of non-ortho nitro benzene ring substituents is 1. The largest absolute Gasteiger partial charge is 0.465 e. The third-order valence-electron chi connectivity index (χ3n) is 3.88. The number of amides is 2. The van der Waals surface area contributed by atoms with Crippen LogP contribution in [0.4, 0.5) is 10.7 Å². The van der Waals surface area contributed by atoms with Crippen molar-refractivity contribution in [2.45, 2.75) is 6.92 Å². The van der Waals surface area contributed by atoms with Crippen LogP contribution >= 0.6 is 11.3 Å². The molecule has 29 heavy (non-hydrogen) atoms. The molecule has 0 atom stereocenters. The Morgan fingerprint density at radius 2 is 1.97 bits per heavy atom. The van der Waals surface area contributed by atoms with Crippen LogP contribution in [-0.4, -0.2) is 48.8 Å². The number of anilines is 1. The van der Waals surface area contributed by atoms with Crippen LogP contribution in [-0.2, 0) is 9.53 Å². The Bertz CT molecular complexity index is 1010. The molecule has 0 bridgehead atoms. The quantitative estimate of drug-likeness (QED) is 0.334. The third kappa shape index (κ3) is 5.05. The molecule has 0 saturated heterocycles. The molecular weight excluding hydrogens is 398 g/mol. The summed E-state index contributed by atoms with van der Waals surface area (Å²) in [7, 11) is 4.37. The number of carbonyl (C=O) groups is 3. The van der Waals surface area contributed by atoms with Gasteiger partial charge in [0.1, 0.15) is 5.00 Å². The Balaban J connectivity index is 2.30. The van der Waals surface area contributed by atoms with Gasteiger partial charge in [0.05, 0.1) is 22.5 Å². The van der Waals surface area contributed by atoms with Crippen LogP contribution in [0.15, 0.2) is 30.3 Å². The molecule has 152 valence electrons. The number of hydrogen-bond donors (Lipinski definition) is 1. The predicted octanol–water partition coefficient (Wildman–Crippen LogP) is 3.11. The van der Waals surface area contributed by atoms with Gasteiger partial charge in [-0.15, -0.1) is 11.3 Å². The lowest BCUT2D eigenvalue weighted by atomic mass is 10.1. The number of nitrogens with zero attached hydrogens (tertiary/aromatic N) is 2. The minimum absolute atomic E-state index is 0.0961. The molecule has 0 unspecified atom stereocenters. The van der Waals surface area contributed by atoms with Crippen molar-refractivity contribution < 1.29 is 24.0 Å². The summed E-state index contributed by atoms with van der Waals surface area (Å²) in [5.74, 6) is -1.54. The van der Waals surface area contributed by atoms with Gasteiger partial charge in [0.25, 0.3) is 11.6 Å². The van der Waals surface area contributed by atoms with Crippen molar-refractivity contribution in [1.82, 2.24) is 4.90 Å². The maximum atomic E-state index is 12.3. The van der Waals surface area contributed by atoms with Crippen molar-refractivity contribution in [1.29, 1.82) is 0 Å². The molecule has 10 heteroatoms. The molecule has 2 amide bonds. The third-order valence-corrected chi connectivity index (χ3v) is 5.08. The van der Waals surface area contributed by atoms with Gasteiger partial charge in [-0.25, -0.2) is 4.79 Å². The number of thiophene rings is 1. The number of carbonyl (C=O) groups excluding carboxylic acids is 3. The average molecular weight is 417 g/mol. The van der Waals surface area contributed by atoms with E-state index in [1.54, 1.807) is 27.1 Å². The highest BCUT2D eigenvalue weighted by Gasteiger charge is 2.26. The van der Waals surface area contributed by atoms with Gasteiger partial charge in [0.15, 0.2) is 0 Å². The monoisotopic (exact) mass is 417 g/mol. The molecule has 0 radical (unpaired) electrons. The summed E-state index contributed by atoms with van der Waals surface area (Å²) in [6.45, 7) is 1.61. The number of hydrogen-bond acceptors (Lipinski definition) is 7. The maximum Gasteiger partial charge on any atom is 0.341 e. The van der Waals surface area contributed by atoms with Crippen molar-refractivity contribution in [2.75, 3.05) is 26.5 Å². The Kier molecular flexibility index (Phi) is 6.84. The van der Waals surface area contributed by atoms with Crippen LogP contribution in [0, 0.1) is 17.0 Å². The first-order valence-corrected chi connectivity index (χ1v) is 9.14. The highest BCUT2D eigenvalue weighted by atomic mass is 32.1. The van der Waals surface area contributed by atoms with Crippen molar-refractivity contribution in [2.24, 2.45) is 0 Å². The second kappa shape index (κ2) is 9.11. The molecule has 1 aromatic carbocycles. The fourth-order valence-corrected chi connectivity index (χ4v) is 3.64. The lowest BCUT2D eigenvalue weighted by molar-refractivity contribution is -0.384. The van der Waals surface area contributed by atoms with E-state index in [1.807, 2.05) is 0 Å². The van der Waals surface area contributed by atoms with E-state index in [9.17, 15) is 24.5 Å². The van der Waals surface area contributed by atoms with Crippen LogP contribution in [0.2, 0.25) is 0 Å². The number of methoxy groups -OCH3 is 1. The Hall–Kier alpha value is -3.53. The summed E-state index contributed by atoms with van der Waals surface area (Å²) >= 11 is 0.975. The van der Waals surface area contributed by atoms with Crippen molar-refractivity contribution in [3.63, 3.8) is 0 Å². The highest BCUT2D eigenvalue weighted by Crippen LogP contribution is 2.34. The molecule has 0 aliphatic rings. The predicted molar refractivity (Wildman–Crippen MR) is 109 cm³/mol. The Morgan fingerprint density at radius 1 is 1.28 bits per heavy atom. The minimum Gasteiger partial charge on any atom is -0.465 e. The van der Waals surface area contributed by atoms with E-state index in [1.165, 1.54) is 42.4 Å². The molecule has 2 aromatic rings. The van der Waals surface area contributed by atoms with Crippen molar-refractivity contribution in [3.05, 3.63) is 62.0 Å². The van der Waals surface area contributed by atoms with Gasteiger partial charge in [-0.3, -0.25) is 19.7 Å². The van der Waals surface area contributed by atoms with Crippen molar-refractivity contribution in [3.8, 4) is 0 Å². The van der Waals surface area contributed by atoms with Gasteiger partial charge >= 0.3 is 5.97 Å². The Labute approximate surface area is 170 Å². The smallest absolute Gasteiger partial charge is 0.341 e. The van der Waals surface area contributed by atoms with Crippen LogP contribution < -0.4 is 5.32 Å². The average Bonchev–Trinajstić information content (AvgIpc) is 3.00. The molecule has 0 saturated carbocycles. The SMILES string of the molecule is COC(=O)c1c(NC(=O)/C=C/c2cccc([N+](=O)[O-])c2)sc(C(=O)N(C)C)c1C. The summed E-state index contributed by atoms with van der Waals surface area (Å²) in [4.78, 5) is 48.8. The molecule has 0 fully saturated rings. The lowest BCUT2D eigenvalue weighted by Crippen LogP contribution is -2.21. The van der Waals surface area contributed by atoms with E-state index in [-0.39, 0.29) is 22.2 Å². The lowest BCUT2D eigenvalue weighted by Gasteiger charge is -2.08. The molecule has 1 aromatic heterocycles. The normalized spacial score (nSPS) is 10.6. The highest BCUT2D eigenvalue weighted by molar-refractivity contribution is 7.18. The number of rotatable bonds is 6. The fourth-order valence-electron chi connectivity index (χ4n) is 2.42. The molecule has 0 spiro atoms. The number of nitro groups is 1. The molecular formula is C19H19N3O6S. The first-order valence-electron chi connectivity index (χ1n) is 8.32. The zero-order valence-corrected chi connectivity index (χ0v) is 17.0. The number of esters is 1. The first-order chi connectivity index (χ1) is 13.6. The Morgan fingerprint density at radius 3 is 2.55 bits per heavy atom. The van der Waals surface area contributed by atoms with E-state index < -0.39 is 16.8 Å². The summed E-state index contributed by atoms with van der Waals surface area (Å²) in [5.41, 5.74) is 0.896. The molecule has 0 aliphatic heterocycles. The topological polar surface area (TPSA) is 119 Å². The number of ether oxygens (including phenoxy) is 1. The number of nitrogens with one attached hydrogen (secondary N) is 1. The second-order valence-corrected chi connectivity index (χ2v) is 7.15. The summed E-state index contributed by atoms with van der Waals surface area (Å²) in [5, 5.41) is 13.6. The van der Waals surface area contributed by atoms with Gasteiger partial charge in [-0.2, -0.15) is 0 Å². The summed E-state index contributed by atoms with van der Waals surface area (Å²) in [6, 6.07) is 5.79.